The molecule has 1 N–H and O–H groups in total. The fourth-order valence-corrected chi connectivity index (χ4v) is 2.95. The number of aryl methyl sites for hydroxylation is 1. The lowest BCUT2D eigenvalue weighted by atomic mass is 9.82. The molecule has 0 aliphatic carbocycles. The van der Waals surface area contributed by atoms with Crippen molar-refractivity contribution in [3.8, 4) is 5.75 Å². The Hall–Kier alpha value is -2.57. The van der Waals surface area contributed by atoms with Gasteiger partial charge in [0, 0.05) is 14.1 Å². The zero-order chi connectivity index (χ0) is 19.3. The molecule has 0 atom stereocenters. The van der Waals surface area contributed by atoms with Crippen molar-refractivity contribution in [1.29, 1.82) is 0 Å². The molecule has 0 spiro atoms. The van der Waals surface area contributed by atoms with Crippen molar-refractivity contribution in [3.63, 3.8) is 0 Å². The van der Waals surface area contributed by atoms with Gasteiger partial charge in [-0.25, -0.2) is 28.1 Å². The van der Waals surface area contributed by atoms with Crippen molar-refractivity contribution >= 4 is 0 Å². The molecule has 0 radical (unpaired) electrons. The van der Waals surface area contributed by atoms with Gasteiger partial charge >= 0.3 is 17.1 Å². The minimum atomic E-state index is -0.675. The van der Waals surface area contributed by atoms with E-state index >= 15 is 0 Å². The van der Waals surface area contributed by atoms with Crippen LogP contribution in [0.5, 0.6) is 5.75 Å². The first-order chi connectivity index (χ1) is 11.4. The van der Waals surface area contributed by atoms with Gasteiger partial charge in [-0.3, -0.25) is 0 Å². The average molecular weight is 347 g/mol. The predicted octanol–water partition coefficient (Wildman–Crippen LogP) is 0.914. The Labute approximate surface area is 145 Å². The maximum absolute atomic E-state index is 12.4. The van der Waals surface area contributed by atoms with Crippen LogP contribution < -0.4 is 17.1 Å². The van der Waals surface area contributed by atoms with Crippen LogP contribution in [0.25, 0.3) is 0 Å². The van der Waals surface area contributed by atoms with Crippen molar-refractivity contribution in [2.24, 2.45) is 14.1 Å². The molecule has 0 saturated heterocycles. The van der Waals surface area contributed by atoms with E-state index in [9.17, 15) is 19.5 Å². The number of nitrogens with zero attached hydrogens (tertiary/aromatic N) is 3. The second-order valence-corrected chi connectivity index (χ2v) is 7.50. The van der Waals surface area contributed by atoms with Crippen LogP contribution in [0, 0.1) is 13.8 Å². The highest BCUT2D eigenvalue weighted by molar-refractivity contribution is 5.51. The molecule has 0 amide bonds. The molecular weight excluding hydrogens is 322 g/mol. The number of phenolic OH excluding ortho intramolecular Hbond substituents is 1. The molecule has 7 nitrogen and oxygen atoms in total. The number of aromatic hydroxyl groups is 1. The summed E-state index contributed by atoms with van der Waals surface area (Å²) in [6.07, 6.45) is 0. The highest BCUT2D eigenvalue weighted by atomic mass is 16.3. The molecule has 1 aromatic carbocycles. The zero-order valence-electron chi connectivity index (χ0n) is 15.8. The van der Waals surface area contributed by atoms with Crippen LogP contribution >= 0.6 is 0 Å². The Morgan fingerprint density at radius 2 is 1.44 bits per heavy atom. The number of rotatable bonds is 2. The van der Waals surface area contributed by atoms with Gasteiger partial charge in [-0.1, -0.05) is 26.8 Å². The van der Waals surface area contributed by atoms with Gasteiger partial charge in [-0.15, -0.1) is 0 Å². The van der Waals surface area contributed by atoms with Gasteiger partial charge in [-0.2, -0.15) is 0 Å². The average Bonchev–Trinajstić information content (AvgIpc) is 2.52. The molecule has 0 fully saturated rings. The number of benzene rings is 1. The molecule has 0 aliphatic rings. The minimum absolute atomic E-state index is 0.00469. The Balaban J connectivity index is 2.73. The smallest absolute Gasteiger partial charge is 0.336 e. The first-order valence-corrected chi connectivity index (χ1v) is 8.07. The summed E-state index contributed by atoms with van der Waals surface area (Å²) >= 11 is 0. The molecule has 7 heteroatoms. The van der Waals surface area contributed by atoms with Crippen LogP contribution in [-0.4, -0.2) is 18.8 Å². The topological polar surface area (TPSA) is 86.2 Å². The van der Waals surface area contributed by atoms with Crippen LogP contribution in [0.4, 0.5) is 0 Å². The molecule has 2 aromatic rings. The lowest BCUT2D eigenvalue weighted by Crippen LogP contribution is -2.52. The van der Waals surface area contributed by atoms with E-state index in [0.717, 1.165) is 24.8 Å². The van der Waals surface area contributed by atoms with Crippen molar-refractivity contribution in [2.75, 3.05) is 0 Å². The third-order valence-corrected chi connectivity index (χ3v) is 4.63. The van der Waals surface area contributed by atoms with E-state index in [1.165, 1.54) is 14.1 Å². The predicted molar refractivity (Wildman–Crippen MR) is 96.6 cm³/mol. The monoisotopic (exact) mass is 347 g/mol. The molecule has 0 saturated carbocycles. The number of hydrogen-bond acceptors (Lipinski definition) is 4. The van der Waals surface area contributed by atoms with Gasteiger partial charge in [0.25, 0.3) is 0 Å². The number of phenols is 1. The minimum Gasteiger partial charge on any atom is -0.507 e. The van der Waals surface area contributed by atoms with Gasteiger partial charge < -0.3 is 5.11 Å². The summed E-state index contributed by atoms with van der Waals surface area (Å²) < 4.78 is 2.80. The summed E-state index contributed by atoms with van der Waals surface area (Å²) in [5.74, 6) is 0.169. The SMILES string of the molecule is Cc1cc(C(C)(C)C)c(O)c(C)c1Cn1c(=O)n(C)c(=O)n(C)c1=O. The Kier molecular flexibility index (Phi) is 4.55. The van der Waals surface area contributed by atoms with Crippen molar-refractivity contribution in [1.82, 2.24) is 13.7 Å². The van der Waals surface area contributed by atoms with E-state index in [1.807, 2.05) is 33.8 Å². The van der Waals surface area contributed by atoms with Crippen molar-refractivity contribution in [3.05, 3.63) is 59.8 Å². The number of hydrogen-bond donors (Lipinski definition) is 1. The Morgan fingerprint density at radius 3 is 1.88 bits per heavy atom. The maximum atomic E-state index is 12.4. The van der Waals surface area contributed by atoms with Crippen LogP contribution in [0.15, 0.2) is 20.4 Å². The largest absolute Gasteiger partial charge is 0.507 e. The van der Waals surface area contributed by atoms with E-state index in [1.54, 1.807) is 6.92 Å². The van der Waals surface area contributed by atoms with Crippen LogP contribution in [0.2, 0.25) is 0 Å². The first-order valence-electron chi connectivity index (χ1n) is 8.07. The Morgan fingerprint density at radius 1 is 0.960 bits per heavy atom. The highest BCUT2D eigenvalue weighted by Crippen LogP contribution is 2.36. The fourth-order valence-electron chi connectivity index (χ4n) is 2.95. The molecule has 136 valence electrons. The quantitative estimate of drug-likeness (QED) is 0.875. The molecule has 0 aliphatic heterocycles. The lowest BCUT2D eigenvalue weighted by Gasteiger charge is -2.24. The molecule has 1 aromatic heterocycles. The fraction of sp³-hybridized carbons (Fsp3) is 0.500. The molecule has 0 bridgehead atoms. The van der Waals surface area contributed by atoms with Gasteiger partial charge in [0.15, 0.2) is 0 Å². The van der Waals surface area contributed by atoms with Crippen molar-refractivity contribution in [2.45, 2.75) is 46.6 Å². The van der Waals surface area contributed by atoms with Gasteiger partial charge in [0.2, 0.25) is 0 Å². The molecule has 25 heavy (non-hydrogen) atoms. The molecule has 0 unspecified atom stereocenters. The third kappa shape index (κ3) is 3.06. The Bertz CT molecular complexity index is 977. The van der Waals surface area contributed by atoms with E-state index in [0.29, 0.717) is 11.1 Å². The standard InChI is InChI=1S/C18H25N3O4/c1-10-8-13(18(3,4)5)14(22)11(2)12(10)9-21-16(24)19(6)15(23)20(7)17(21)25/h8,22H,9H2,1-7H3. The van der Waals surface area contributed by atoms with E-state index in [4.69, 9.17) is 0 Å². The van der Waals surface area contributed by atoms with E-state index in [-0.39, 0.29) is 17.7 Å². The van der Waals surface area contributed by atoms with Crippen LogP contribution in [-0.2, 0) is 26.1 Å². The van der Waals surface area contributed by atoms with Crippen LogP contribution in [0.3, 0.4) is 0 Å². The van der Waals surface area contributed by atoms with Gasteiger partial charge in [0.1, 0.15) is 5.75 Å². The third-order valence-electron chi connectivity index (χ3n) is 4.63. The maximum Gasteiger partial charge on any atom is 0.336 e. The molecule has 2 rings (SSSR count). The summed E-state index contributed by atoms with van der Waals surface area (Å²) in [6, 6.07) is 1.88. The highest BCUT2D eigenvalue weighted by Gasteiger charge is 2.23. The zero-order valence-corrected chi connectivity index (χ0v) is 15.8. The van der Waals surface area contributed by atoms with E-state index in [2.05, 4.69) is 0 Å². The summed E-state index contributed by atoms with van der Waals surface area (Å²) in [5.41, 5.74) is 0.774. The normalized spacial score (nSPS) is 11.8. The number of aromatic nitrogens is 3. The van der Waals surface area contributed by atoms with Crippen molar-refractivity contribution < 1.29 is 5.11 Å². The van der Waals surface area contributed by atoms with E-state index < -0.39 is 17.1 Å². The lowest BCUT2D eigenvalue weighted by molar-refractivity contribution is 0.440. The summed E-state index contributed by atoms with van der Waals surface area (Å²) in [4.78, 5) is 36.5. The van der Waals surface area contributed by atoms with Gasteiger partial charge in [0.05, 0.1) is 6.54 Å². The second-order valence-electron chi connectivity index (χ2n) is 7.50. The van der Waals surface area contributed by atoms with Gasteiger partial charge in [-0.05, 0) is 41.5 Å². The second kappa shape index (κ2) is 6.06. The molecule has 1 heterocycles. The molecular formula is C18H25N3O4. The summed E-state index contributed by atoms with van der Waals surface area (Å²) in [7, 11) is 2.67. The summed E-state index contributed by atoms with van der Waals surface area (Å²) in [5, 5.41) is 10.6. The first kappa shape index (κ1) is 18.8. The summed E-state index contributed by atoms with van der Waals surface area (Å²) in [6.45, 7) is 9.67. The van der Waals surface area contributed by atoms with Crippen LogP contribution in [0.1, 0.15) is 43.0 Å².